The fraction of sp³-hybridized carbons (Fsp3) is 0.500. The van der Waals surface area contributed by atoms with Gasteiger partial charge in [-0.2, -0.15) is 0 Å². The molecular weight excluding hydrogens is 264 g/mol. The van der Waals surface area contributed by atoms with Crippen LogP contribution in [-0.2, 0) is 0 Å². The average Bonchev–Trinajstić information content (AvgIpc) is 3.11. The van der Waals surface area contributed by atoms with Gasteiger partial charge < -0.3 is 10.1 Å². The summed E-state index contributed by atoms with van der Waals surface area (Å²) >= 11 is 6.25. The monoisotopic (exact) mass is 278 g/mol. The lowest BCUT2D eigenvalue weighted by molar-refractivity contribution is -0.0877. The molecule has 0 radical (unpaired) electrons. The Morgan fingerprint density at radius 1 is 1.47 bits per heavy atom. The van der Waals surface area contributed by atoms with Crippen molar-refractivity contribution in [3.8, 4) is 5.75 Å². The van der Waals surface area contributed by atoms with E-state index in [2.05, 4.69) is 5.32 Å². The van der Waals surface area contributed by atoms with E-state index in [1.54, 1.807) is 0 Å². The summed E-state index contributed by atoms with van der Waals surface area (Å²) in [6.07, 6.45) is 2.88. The predicted octanol–water partition coefficient (Wildman–Crippen LogP) is 3.07. The van der Waals surface area contributed by atoms with E-state index in [-0.39, 0.29) is 12.1 Å². The summed E-state index contributed by atoms with van der Waals surface area (Å²) in [5.41, 5.74) is 0.358. The Hall–Kier alpha value is -1.42. The smallest absolute Gasteiger partial charge is 0.321 e. The van der Waals surface area contributed by atoms with Gasteiger partial charge in [0.15, 0.2) is 5.72 Å². The second-order valence-electron chi connectivity index (χ2n) is 5.74. The van der Waals surface area contributed by atoms with E-state index in [1.807, 2.05) is 30.0 Å². The maximum Gasteiger partial charge on any atom is 0.321 e. The summed E-state index contributed by atoms with van der Waals surface area (Å²) in [5, 5.41) is 3.72. The van der Waals surface area contributed by atoms with Gasteiger partial charge in [0, 0.05) is 23.0 Å². The highest BCUT2D eigenvalue weighted by atomic mass is 35.5. The molecule has 2 amide bonds. The number of hydrogen-bond acceptors (Lipinski definition) is 2. The van der Waals surface area contributed by atoms with Gasteiger partial charge in [-0.1, -0.05) is 17.7 Å². The number of hydrogen-bond donors (Lipinski definition) is 1. The van der Waals surface area contributed by atoms with Crippen molar-refractivity contribution in [2.45, 2.75) is 44.0 Å². The topological polar surface area (TPSA) is 41.6 Å². The van der Waals surface area contributed by atoms with Crippen LogP contribution in [0.4, 0.5) is 4.79 Å². The van der Waals surface area contributed by atoms with Gasteiger partial charge in [-0.25, -0.2) is 4.79 Å². The van der Waals surface area contributed by atoms with Crippen molar-refractivity contribution >= 4 is 17.6 Å². The molecule has 2 atom stereocenters. The van der Waals surface area contributed by atoms with Crippen LogP contribution in [0.25, 0.3) is 0 Å². The highest BCUT2D eigenvalue weighted by molar-refractivity contribution is 6.31. The summed E-state index contributed by atoms with van der Waals surface area (Å²) in [5.74, 6) is 0.789. The third kappa shape index (κ3) is 1.56. The lowest BCUT2D eigenvalue weighted by atomic mass is 9.90. The number of amides is 2. The number of carbonyl (C=O) groups excluding carboxylic acids is 1. The second kappa shape index (κ2) is 3.57. The average molecular weight is 279 g/mol. The Kier molecular flexibility index (Phi) is 2.14. The van der Waals surface area contributed by atoms with E-state index >= 15 is 0 Å². The van der Waals surface area contributed by atoms with Crippen LogP contribution in [0.5, 0.6) is 5.75 Å². The number of benzene rings is 1. The number of halogens is 1. The molecule has 1 aliphatic carbocycles. The molecule has 1 aromatic rings. The molecule has 2 bridgehead atoms. The van der Waals surface area contributed by atoms with Crippen molar-refractivity contribution in [3.05, 3.63) is 28.8 Å². The molecule has 1 aromatic carbocycles. The molecule has 3 aliphatic rings. The predicted molar refractivity (Wildman–Crippen MR) is 71.2 cm³/mol. The van der Waals surface area contributed by atoms with Gasteiger partial charge in [-0.05, 0) is 31.9 Å². The second-order valence-corrected chi connectivity index (χ2v) is 6.14. The largest absolute Gasteiger partial charge is 0.468 e. The zero-order valence-corrected chi connectivity index (χ0v) is 11.4. The minimum absolute atomic E-state index is 0.0354. The minimum Gasteiger partial charge on any atom is -0.468 e. The fourth-order valence-corrected chi connectivity index (χ4v) is 3.59. The van der Waals surface area contributed by atoms with E-state index in [9.17, 15) is 4.79 Å². The zero-order valence-electron chi connectivity index (χ0n) is 10.6. The highest BCUT2D eigenvalue weighted by Gasteiger charge is 2.54. The number of fused-ring (bicyclic) bond motifs is 4. The van der Waals surface area contributed by atoms with Crippen LogP contribution in [0, 0.1) is 0 Å². The van der Waals surface area contributed by atoms with Gasteiger partial charge in [0.2, 0.25) is 0 Å². The molecule has 2 fully saturated rings. The van der Waals surface area contributed by atoms with Gasteiger partial charge in [-0.3, -0.25) is 4.90 Å². The molecule has 19 heavy (non-hydrogen) atoms. The minimum atomic E-state index is -0.550. The van der Waals surface area contributed by atoms with Crippen LogP contribution in [0.3, 0.4) is 0 Å². The molecule has 4 rings (SSSR count). The first kappa shape index (κ1) is 11.4. The third-order valence-electron chi connectivity index (χ3n) is 4.21. The fourth-order valence-electron chi connectivity index (χ4n) is 3.29. The van der Waals surface area contributed by atoms with Crippen molar-refractivity contribution in [1.82, 2.24) is 10.2 Å². The van der Waals surface area contributed by atoms with Gasteiger partial charge in [0.25, 0.3) is 0 Å². The summed E-state index contributed by atoms with van der Waals surface area (Å²) < 4.78 is 6.14. The van der Waals surface area contributed by atoms with E-state index in [1.165, 1.54) is 0 Å². The SMILES string of the molecule is CC12CC(NC(=O)N1C1CC1)c1c(Cl)cccc1O2. The standard InChI is InChI=1S/C14H15ClN2O2/c1-14-7-10(16-13(18)17(14)8-5-6-8)12-9(15)3-2-4-11(12)19-14/h2-4,8,10H,5-7H2,1H3,(H,16,18). The molecule has 5 heteroatoms. The number of rotatable bonds is 1. The summed E-state index contributed by atoms with van der Waals surface area (Å²) in [6.45, 7) is 2.00. The molecule has 100 valence electrons. The summed E-state index contributed by atoms with van der Waals surface area (Å²) in [6, 6.07) is 5.89. The third-order valence-corrected chi connectivity index (χ3v) is 4.54. The molecule has 2 aliphatic heterocycles. The van der Waals surface area contributed by atoms with E-state index in [4.69, 9.17) is 16.3 Å². The molecule has 0 spiro atoms. The molecule has 2 unspecified atom stereocenters. The zero-order chi connectivity index (χ0) is 13.2. The lowest BCUT2D eigenvalue weighted by Crippen LogP contribution is -2.65. The van der Waals surface area contributed by atoms with Gasteiger partial charge in [0.1, 0.15) is 5.75 Å². The first-order valence-corrected chi connectivity index (χ1v) is 7.03. The lowest BCUT2D eigenvalue weighted by Gasteiger charge is -2.51. The highest BCUT2D eigenvalue weighted by Crippen LogP contribution is 2.49. The maximum atomic E-state index is 12.3. The first-order valence-electron chi connectivity index (χ1n) is 6.66. The summed E-state index contributed by atoms with van der Waals surface area (Å²) in [4.78, 5) is 14.2. The van der Waals surface area contributed by atoms with Crippen LogP contribution in [0.2, 0.25) is 5.02 Å². The van der Waals surface area contributed by atoms with Crippen molar-refractivity contribution in [2.24, 2.45) is 0 Å². The Labute approximate surface area is 116 Å². The van der Waals surface area contributed by atoms with Crippen LogP contribution in [0.15, 0.2) is 18.2 Å². The number of nitrogens with zero attached hydrogens (tertiary/aromatic N) is 1. The molecule has 4 nitrogen and oxygen atoms in total. The molecule has 1 saturated carbocycles. The van der Waals surface area contributed by atoms with Crippen LogP contribution < -0.4 is 10.1 Å². The number of urea groups is 1. The van der Waals surface area contributed by atoms with E-state index in [0.717, 1.165) is 30.6 Å². The van der Waals surface area contributed by atoms with Crippen LogP contribution >= 0.6 is 11.6 Å². The van der Waals surface area contributed by atoms with Crippen molar-refractivity contribution < 1.29 is 9.53 Å². The number of carbonyl (C=O) groups is 1. The van der Waals surface area contributed by atoms with Crippen molar-refractivity contribution in [2.75, 3.05) is 0 Å². The number of nitrogens with one attached hydrogen (secondary N) is 1. The van der Waals surface area contributed by atoms with Gasteiger partial charge >= 0.3 is 6.03 Å². The molecule has 1 saturated heterocycles. The van der Waals surface area contributed by atoms with E-state index < -0.39 is 5.72 Å². The van der Waals surface area contributed by atoms with E-state index in [0.29, 0.717) is 11.1 Å². The molecule has 1 N–H and O–H groups in total. The maximum absolute atomic E-state index is 12.3. The Morgan fingerprint density at radius 2 is 2.26 bits per heavy atom. The van der Waals surface area contributed by atoms with Gasteiger partial charge in [0.05, 0.1) is 6.04 Å². The van der Waals surface area contributed by atoms with Gasteiger partial charge in [-0.15, -0.1) is 0 Å². The van der Waals surface area contributed by atoms with Crippen molar-refractivity contribution in [1.29, 1.82) is 0 Å². The van der Waals surface area contributed by atoms with Crippen molar-refractivity contribution in [3.63, 3.8) is 0 Å². The quantitative estimate of drug-likeness (QED) is 0.858. The molecule has 2 heterocycles. The Morgan fingerprint density at radius 3 is 3.00 bits per heavy atom. The first-order chi connectivity index (χ1) is 9.08. The summed E-state index contributed by atoms with van der Waals surface area (Å²) in [7, 11) is 0. The van der Waals surface area contributed by atoms with Crippen LogP contribution in [0.1, 0.15) is 37.8 Å². The Bertz CT molecular complexity index is 573. The Balaban J connectivity index is 1.82. The van der Waals surface area contributed by atoms with Crippen LogP contribution in [-0.4, -0.2) is 22.7 Å². The molecule has 0 aromatic heterocycles. The molecular formula is C14H15ClN2O2. The normalized spacial score (nSPS) is 32.4. The number of ether oxygens (including phenoxy) is 1.